The Hall–Kier alpha value is -1.61. The predicted molar refractivity (Wildman–Crippen MR) is 61.7 cm³/mol. The second-order valence-corrected chi connectivity index (χ2v) is 3.87. The molecule has 15 heavy (non-hydrogen) atoms. The monoisotopic (exact) mass is 218 g/mol. The van der Waals surface area contributed by atoms with Crippen molar-refractivity contribution in [3.63, 3.8) is 0 Å². The number of ether oxygens (including phenoxy) is 1. The molecule has 2 nitrogen and oxygen atoms in total. The third kappa shape index (κ3) is 1.92. The number of methoxy groups -OCH3 is 1. The number of benzene rings is 1. The van der Waals surface area contributed by atoms with Gasteiger partial charge in [0.05, 0.1) is 7.11 Å². The maximum atomic E-state index is 10.7. The van der Waals surface area contributed by atoms with Gasteiger partial charge in [-0.15, -0.1) is 0 Å². The van der Waals surface area contributed by atoms with Crippen molar-refractivity contribution in [3.8, 4) is 16.9 Å². The first-order valence-corrected chi connectivity index (χ1v) is 5.45. The van der Waals surface area contributed by atoms with Gasteiger partial charge in [0, 0.05) is 11.1 Å². The molecule has 0 aliphatic heterocycles. The summed E-state index contributed by atoms with van der Waals surface area (Å²) in [5.74, 6) is 0.791. The highest BCUT2D eigenvalue weighted by molar-refractivity contribution is 7.08. The van der Waals surface area contributed by atoms with Gasteiger partial charge in [0.1, 0.15) is 12.0 Å². The summed E-state index contributed by atoms with van der Waals surface area (Å²) in [6.07, 6.45) is 0.843. The predicted octanol–water partition coefficient (Wildman–Crippen LogP) is 3.24. The van der Waals surface area contributed by atoms with Gasteiger partial charge in [0.25, 0.3) is 0 Å². The average Bonchev–Trinajstić information content (AvgIpc) is 2.81. The molecule has 0 fully saturated rings. The third-order valence-electron chi connectivity index (χ3n) is 2.19. The van der Waals surface area contributed by atoms with Crippen molar-refractivity contribution in [2.45, 2.75) is 0 Å². The van der Waals surface area contributed by atoms with Crippen LogP contribution in [0.3, 0.4) is 0 Å². The number of carbonyl (C=O) groups excluding carboxylic acids is 1. The number of carbonyl (C=O) groups is 1. The molecule has 0 spiro atoms. The Labute approximate surface area is 92.1 Å². The Kier molecular flexibility index (Phi) is 2.83. The molecule has 1 aromatic carbocycles. The first-order chi connectivity index (χ1) is 7.35. The van der Waals surface area contributed by atoms with Gasteiger partial charge >= 0.3 is 0 Å². The van der Waals surface area contributed by atoms with Gasteiger partial charge in [-0.3, -0.25) is 4.79 Å². The van der Waals surface area contributed by atoms with Crippen LogP contribution in [-0.2, 0) is 0 Å². The van der Waals surface area contributed by atoms with Crippen LogP contribution in [0.25, 0.3) is 11.1 Å². The Bertz CT molecular complexity index is 460. The highest BCUT2D eigenvalue weighted by Crippen LogP contribution is 2.31. The van der Waals surface area contributed by atoms with Crippen molar-refractivity contribution in [2.75, 3.05) is 7.11 Å². The third-order valence-corrected chi connectivity index (χ3v) is 2.88. The van der Waals surface area contributed by atoms with E-state index in [-0.39, 0.29) is 0 Å². The molecule has 0 unspecified atom stereocenters. The molecule has 2 rings (SSSR count). The Balaban J connectivity index is 2.56. The van der Waals surface area contributed by atoms with E-state index >= 15 is 0 Å². The van der Waals surface area contributed by atoms with Crippen LogP contribution in [-0.4, -0.2) is 13.4 Å². The smallest absolute Gasteiger partial charge is 0.150 e. The van der Waals surface area contributed by atoms with Crippen molar-refractivity contribution in [1.29, 1.82) is 0 Å². The van der Waals surface area contributed by atoms with E-state index in [0.717, 1.165) is 23.2 Å². The fourth-order valence-corrected chi connectivity index (χ4v) is 2.10. The molecular weight excluding hydrogens is 208 g/mol. The first kappa shape index (κ1) is 9.93. The summed E-state index contributed by atoms with van der Waals surface area (Å²) in [6.45, 7) is 0. The summed E-state index contributed by atoms with van der Waals surface area (Å²) in [5.41, 5.74) is 2.71. The Morgan fingerprint density at radius 3 is 2.80 bits per heavy atom. The van der Waals surface area contributed by atoms with Crippen molar-refractivity contribution < 1.29 is 9.53 Å². The van der Waals surface area contributed by atoms with Gasteiger partial charge in [-0.2, -0.15) is 11.3 Å². The molecule has 0 radical (unpaired) electrons. The highest BCUT2D eigenvalue weighted by Gasteiger charge is 2.06. The second-order valence-electron chi connectivity index (χ2n) is 3.09. The minimum atomic E-state index is 0.664. The topological polar surface area (TPSA) is 26.3 Å². The van der Waals surface area contributed by atoms with E-state index in [2.05, 4.69) is 0 Å². The molecule has 0 amide bonds. The SMILES string of the molecule is COc1ccc(C=O)cc1-c1ccsc1. The van der Waals surface area contributed by atoms with Crippen molar-refractivity contribution >= 4 is 17.6 Å². The van der Waals surface area contributed by atoms with Crippen molar-refractivity contribution in [3.05, 3.63) is 40.6 Å². The van der Waals surface area contributed by atoms with Gasteiger partial charge in [0.15, 0.2) is 0 Å². The summed E-state index contributed by atoms with van der Waals surface area (Å²) in [4.78, 5) is 10.7. The first-order valence-electron chi connectivity index (χ1n) is 4.51. The van der Waals surface area contributed by atoms with Gasteiger partial charge in [-0.1, -0.05) is 0 Å². The Morgan fingerprint density at radius 2 is 2.20 bits per heavy atom. The summed E-state index contributed by atoms with van der Waals surface area (Å²) < 4.78 is 5.26. The van der Waals surface area contributed by atoms with E-state index in [1.807, 2.05) is 29.0 Å². The molecule has 0 saturated heterocycles. The van der Waals surface area contributed by atoms with Crippen LogP contribution >= 0.6 is 11.3 Å². The van der Waals surface area contributed by atoms with Crippen LogP contribution in [0.2, 0.25) is 0 Å². The molecule has 0 N–H and O–H groups in total. The average molecular weight is 218 g/mol. The number of rotatable bonds is 3. The van der Waals surface area contributed by atoms with Crippen molar-refractivity contribution in [2.24, 2.45) is 0 Å². The van der Waals surface area contributed by atoms with Crippen molar-refractivity contribution in [1.82, 2.24) is 0 Å². The number of hydrogen-bond donors (Lipinski definition) is 0. The number of hydrogen-bond acceptors (Lipinski definition) is 3. The quantitative estimate of drug-likeness (QED) is 0.739. The van der Waals surface area contributed by atoms with Crippen LogP contribution in [0.15, 0.2) is 35.0 Å². The molecule has 0 saturated carbocycles. The summed E-state index contributed by atoms with van der Waals surface area (Å²) in [6, 6.07) is 7.42. The molecule has 0 bridgehead atoms. The summed E-state index contributed by atoms with van der Waals surface area (Å²) >= 11 is 1.62. The fourth-order valence-electron chi connectivity index (χ4n) is 1.44. The molecule has 0 aliphatic rings. The summed E-state index contributed by atoms with van der Waals surface area (Å²) in [7, 11) is 1.63. The van der Waals surface area contributed by atoms with Gasteiger partial charge in [0.2, 0.25) is 0 Å². The van der Waals surface area contributed by atoms with Gasteiger partial charge in [-0.05, 0) is 40.6 Å². The largest absolute Gasteiger partial charge is 0.496 e. The van der Waals surface area contributed by atoms with Crippen LogP contribution in [0.4, 0.5) is 0 Å². The minimum absolute atomic E-state index is 0.664. The van der Waals surface area contributed by atoms with Crippen LogP contribution in [0, 0.1) is 0 Å². The van der Waals surface area contributed by atoms with E-state index in [0.29, 0.717) is 5.56 Å². The molecule has 0 aliphatic carbocycles. The number of thiophene rings is 1. The van der Waals surface area contributed by atoms with Crippen LogP contribution < -0.4 is 4.74 Å². The normalized spacial score (nSPS) is 9.93. The van der Waals surface area contributed by atoms with Crippen LogP contribution in [0.1, 0.15) is 10.4 Å². The lowest BCUT2D eigenvalue weighted by molar-refractivity contribution is 0.112. The lowest BCUT2D eigenvalue weighted by Crippen LogP contribution is -1.89. The maximum Gasteiger partial charge on any atom is 0.150 e. The Morgan fingerprint density at radius 1 is 1.33 bits per heavy atom. The van der Waals surface area contributed by atoms with Gasteiger partial charge in [-0.25, -0.2) is 0 Å². The molecule has 1 heterocycles. The highest BCUT2D eigenvalue weighted by atomic mass is 32.1. The lowest BCUT2D eigenvalue weighted by Gasteiger charge is -2.07. The number of aldehydes is 1. The molecule has 1 aromatic heterocycles. The zero-order valence-electron chi connectivity index (χ0n) is 8.27. The zero-order valence-corrected chi connectivity index (χ0v) is 9.08. The van der Waals surface area contributed by atoms with Crippen LogP contribution in [0.5, 0.6) is 5.75 Å². The second kappa shape index (κ2) is 4.28. The van der Waals surface area contributed by atoms with E-state index in [1.54, 1.807) is 24.5 Å². The molecular formula is C12H10O2S. The van der Waals surface area contributed by atoms with E-state index in [1.165, 1.54) is 0 Å². The van der Waals surface area contributed by atoms with E-state index < -0.39 is 0 Å². The molecule has 76 valence electrons. The maximum absolute atomic E-state index is 10.7. The molecule has 0 atom stereocenters. The lowest BCUT2D eigenvalue weighted by atomic mass is 10.1. The molecule has 3 heteroatoms. The fraction of sp³-hybridized carbons (Fsp3) is 0.0833. The van der Waals surface area contributed by atoms with Gasteiger partial charge < -0.3 is 4.74 Å². The minimum Gasteiger partial charge on any atom is -0.496 e. The summed E-state index contributed by atoms with van der Waals surface area (Å²) in [5, 5.41) is 4.04. The molecule has 2 aromatic rings. The van der Waals surface area contributed by atoms with E-state index in [4.69, 9.17) is 4.74 Å². The standard InChI is InChI=1S/C12H10O2S/c1-14-12-3-2-9(7-13)6-11(12)10-4-5-15-8-10/h2-8H,1H3. The zero-order chi connectivity index (χ0) is 10.7. The van der Waals surface area contributed by atoms with E-state index in [9.17, 15) is 4.79 Å².